The van der Waals surface area contributed by atoms with Crippen LogP contribution >= 0.6 is 0 Å². The molecule has 9 heteroatoms. The Bertz CT molecular complexity index is 1210. The lowest BCUT2D eigenvalue weighted by molar-refractivity contribution is -0.146. The molecule has 0 aromatic heterocycles. The van der Waals surface area contributed by atoms with Crippen LogP contribution in [0, 0.1) is 0 Å². The Balaban J connectivity index is 2.55. The summed E-state index contributed by atoms with van der Waals surface area (Å²) >= 11 is 0. The van der Waals surface area contributed by atoms with Crippen molar-refractivity contribution in [1.82, 2.24) is 15.5 Å². The largest absolute Gasteiger partial charge is 0.466 e. The predicted molar refractivity (Wildman–Crippen MR) is 163 cm³/mol. The third-order valence-electron chi connectivity index (χ3n) is 6.51. The summed E-state index contributed by atoms with van der Waals surface area (Å²) in [5.41, 5.74) is 1.42. The molecule has 0 aliphatic heterocycles. The third-order valence-corrected chi connectivity index (χ3v) is 6.51. The van der Waals surface area contributed by atoms with Crippen LogP contribution < -0.4 is 10.6 Å². The molecule has 3 atom stereocenters. The number of hydrogen-bond donors (Lipinski definition) is 2. The van der Waals surface area contributed by atoms with Crippen LogP contribution in [0.3, 0.4) is 0 Å². The van der Waals surface area contributed by atoms with Crippen LogP contribution in [-0.2, 0) is 30.3 Å². The fourth-order valence-corrected chi connectivity index (χ4v) is 4.39. The average molecular weight is 580 g/mol. The Morgan fingerprint density at radius 3 is 2.31 bits per heavy atom. The van der Waals surface area contributed by atoms with Crippen molar-refractivity contribution < 1.29 is 28.7 Å². The van der Waals surface area contributed by atoms with Crippen molar-refractivity contribution in [3.05, 3.63) is 77.9 Å². The number of carbonyl (C=O) groups excluding carboxylic acids is 4. The lowest BCUT2D eigenvalue weighted by atomic mass is 9.96. The van der Waals surface area contributed by atoms with E-state index in [1.54, 1.807) is 52.0 Å². The standard InChI is InChI=1S/C33H45N3O6/c1-8-23(4)36(31(39)27(22-25-15-12-11-13-16-25)35-32(40)42-33(5,6)7)29(26-18-14-17-24(9-2)21-26)30(38)34-20-19-28(37)41-10-3/h9,11-18,21,23,27,29H,2,8,10,19-20,22H2,1,3-7H3,(H,34,38)(H,35,40). The molecule has 3 amide bonds. The van der Waals surface area contributed by atoms with Gasteiger partial charge in [0.25, 0.3) is 0 Å². The van der Waals surface area contributed by atoms with Crippen LogP contribution in [-0.4, -0.2) is 59.6 Å². The third kappa shape index (κ3) is 10.7. The van der Waals surface area contributed by atoms with E-state index in [1.165, 1.54) is 4.90 Å². The normalized spacial score (nSPS) is 13.2. The second-order valence-corrected chi connectivity index (χ2v) is 11.0. The van der Waals surface area contributed by atoms with E-state index in [0.717, 1.165) is 11.1 Å². The zero-order valence-electron chi connectivity index (χ0n) is 25.6. The Morgan fingerprint density at radius 2 is 1.71 bits per heavy atom. The molecule has 2 N–H and O–H groups in total. The monoisotopic (exact) mass is 579 g/mol. The summed E-state index contributed by atoms with van der Waals surface area (Å²) in [7, 11) is 0. The van der Waals surface area contributed by atoms with Crippen molar-refractivity contribution >= 4 is 30.0 Å². The summed E-state index contributed by atoms with van der Waals surface area (Å²) in [6.45, 7) is 14.9. The molecule has 2 aromatic rings. The molecule has 0 bridgehead atoms. The Kier molecular flexibility index (Phi) is 13.3. The minimum absolute atomic E-state index is 0.00684. The Morgan fingerprint density at radius 1 is 1.02 bits per heavy atom. The molecule has 9 nitrogen and oxygen atoms in total. The molecule has 0 spiro atoms. The first-order chi connectivity index (χ1) is 19.9. The van der Waals surface area contributed by atoms with Crippen LogP contribution in [0.1, 0.15) is 77.1 Å². The van der Waals surface area contributed by atoms with Crippen molar-refractivity contribution in [2.45, 2.75) is 84.5 Å². The topological polar surface area (TPSA) is 114 Å². The van der Waals surface area contributed by atoms with Gasteiger partial charge in [-0.05, 0) is 63.8 Å². The number of benzene rings is 2. The van der Waals surface area contributed by atoms with Crippen LogP contribution in [0.15, 0.2) is 61.2 Å². The number of alkyl carbamates (subject to hydrolysis) is 1. The van der Waals surface area contributed by atoms with Crippen molar-refractivity contribution in [2.24, 2.45) is 0 Å². The van der Waals surface area contributed by atoms with Crippen LogP contribution in [0.4, 0.5) is 4.79 Å². The van der Waals surface area contributed by atoms with Gasteiger partial charge in [0.05, 0.1) is 13.0 Å². The Hall–Kier alpha value is -4.14. The van der Waals surface area contributed by atoms with E-state index in [4.69, 9.17) is 9.47 Å². The van der Waals surface area contributed by atoms with Gasteiger partial charge in [-0.3, -0.25) is 14.4 Å². The number of carbonyl (C=O) groups is 4. The van der Waals surface area contributed by atoms with Gasteiger partial charge in [-0.25, -0.2) is 4.79 Å². The number of rotatable bonds is 14. The van der Waals surface area contributed by atoms with Gasteiger partial charge >= 0.3 is 12.1 Å². The molecule has 228 valence electrons. The SMILES string of the molecule is C=Cc1cccc(C(C(=O)NCCC(=O)OCC)N(C(=O)C(Cc2ccccc2)NC(=O)OC(C)(C)C)C(C)CC)c1. The Labute approximate surface area is 249 Å². The fourth-order valence-electron chi connectivity index (χ4n) is 4.39. The zero-order valence-corrected chi connectivity index (χ0v) is 25.6. The van der Waals surface area contributed by atoms with Gasteiger partial charge in [-0.15, -0.1) is 0 Å². The summed E-state index contributed by atoms with van der Waals surface area (Å²) in [5, 5.41) is 5.57. The first kappa shape index (κ1) is 34.1. The average Bonchev–Trinajstić information content (AvgIpc) is 2.94. The highest BCUT2D eigenvalue weighted by Gasteiger charge is 2.38. The van der Waals surface area contributed by atoms with Gasteiger partial charge in [-0.1, -0.05) is 68.1 Å². The second-order valence-electron chi connectivity index (χ2n) is 11.0. The molecule has 0 fully saturated rings. The van der Waals surface area contributed by atoms with E-state index in [9.17, 15) is 19.2 Å². The van der Waals surface area contributed by atoms with E-state index in [2.05, 4.69) is 17.2 Å². The van der Waals surface area contributed by atoms with Crippen LogP contribution in [0.25, 0.3) is 6.08 Å². The molecule has 0 radical (unpaired) electrons. The maximum atomic E-state index is 14.5. The van der Waals surface area contributed by atoms with E-state index in [-0.39, 0.29) is 32.0 Å². The van der Waals surface area contributed by atoms with Gasteiger partial charge in [-0.2, -0.15) is 0 Å². The van der Waals surface area contributed by atoms with E-state index in [1.807, 2.05) is 50.2 Å². The smallest absolute Gasteiger partial charge is 0.408 e. The summed E-state index contributed by atoms with van der Waals surface area (Å²) in [4.78, 5) is 54.6. The zero-order chi connectivity index (χ0) is 31.3. The molecule has 0 aliphatic carbocycles. The van der Waals surface area contributed by atoms with E-state index >= 15 is 0 Å². The number of amides is 3. The first-order valence-corrected chi connectivity index (χ1v) is 14.4. The molecule has 0 saturated carbocycles. The quantitative estimate of drug-likeness (QED) is 0.297. The molecular formula is C33H45N3O6. The molecule has 0 aliphatic rings. The molecule has 3 unspecified atom stereocenters. The minimum atomic E-state index is -1.05. The summed E-state index contributed by atoms with van der Waals surface area (Å²) < 4.78 is 10.5. The van der Waals surface area contributed by atoms with Crippen molar-refractivity contribution in [3.8, 4) is 0 Å². The lowest BCUT2D eigenvalue weighted by Gasteiger charge is -2.38. The summed E-state index contributed by atoms with van der Waals surface area (Å²) in [6.07, 6.45) is 1.66. The predicted octanol–water partition coefficient (Wildman–Crippen LogP) is 5.20. The maximum Gasteiger partial charge on any atom is 0.408 e. The van der Waals surface area contributed by atoms with Crippen molar-refractivity contribution in [3.63, 3.8) is 0 Å². The molecule has 2 aromatic carbocycles. The van der Waals surface area contributed by atoms with E-state index < -0.39 is 41.6 Å². The number of nitrogens with one attached hydrogen (secondary N) is 2. The highest BCUT2D eigenvalue weighted by atomic mass is 16.6. The minimum Gasteiger partial charge on any atom is -0.466 e. The number of ether oxygens (including phenoxy) is 2. The molecule has 0 saturated heterocycles. The summed E-state index contributed by atoms with van der Waals surface area (Å²) in [6, 6.07) is 14.1. The van der Waals surface area contributed by atoms with E-state index in [0.29, 0.717) is 12.0 Å². The highest BCUT2D eigenvalue weighted by Crippen LogP contribution is 2.28. The van der Waals surface area contributed by atoms with Gasteiger partial charge in [0.15, 0.2) is 0 Å². The van der Waals surface area contributed by atoms with Gasteiger partial charge in [0.2, 0.25) is 11.8 Å². The second kappa shape index (κ2) is 16.3. The van der Waals surface area contributed by atoms with Crippen molar-refractivity contribution in [1.29, 1.82) is 0 Å². The number of esters is 1. The molecule has 42 heavy (non-hydrogen) atoms. The number of nitrogens with zero attached hydrogens (tertiary/aromatic N) is 1. The van der Waals surface area contributed by atoms with Gasteiger partial charge in [0.1, 0.15) is 17.7 Å². The van der Waals surface area contributed by atoms with Gasteiger partial charge < -0.3 is 25.0 Å². The lowest BCUT2D eigenvalue weighted by Crippen LogP contribution is -2.56. The van der Waals surface area contributed by atoms with Crippen molar-refractivity contribution in [2.75, 3.05) is 13.2 Å². The van der Waals surface area contributed by atoms with Gasteiger partial charge in [0, 0.05) is 19.0 Å². The molecule has 2 rings (SSSR count). The summed E-state index contributed by atoms with van der Waals surface area (Å²) in [5.74, 6) is -1.32. The fraction of sp³-hybridized carbons (Fsp3) is 0.455. The van der Waals surface area contributed by atoms with Crippen LogP contribution in [0.5, 0.6) is 0 Å². The molecule has 0 heterocycles. The number of hydrogen-bond acceptors (Lipinski definition) is 6. The van der Waals surface area contributed by atoms with Crippen LogP contribution in [0.2, 0.25) is 0 Å². The maximum absolute atomic E-state index is 14.5. The highest BCUT2D eigenvalue weighted by molar-refractivity contribution is 5.92. The first-order valence-electron chi connectivity index (χ1n) is 14.4. The molecular weight excluding hydrogens is 534 g/mol.